The quantitative estimate of drug-likeness (QED) is 0.760. The molecule has 1 heterocycles. The third-order valence-corrected chi connectivity index (χ3v) is 5.81. The third-order valence-electron chi connectivity index (χ3n) is 4.84. The fourth-order valence-corrected chi connectivity index (χ4v) is 3.98. The smallest absolute Gasteiger partial charge is 0.147 e. The van der Waals surface area contributed by atoms with Gasteiger partial charge in [-0.2, -0.15) is 0 Å². The van der Waals surface area contributed by atoms with Crippen molar-refractivity contribution in [3.63, 3.8) is 0 Å². The molecule has 0 spiro atoms. The maximum Gasteiger partial charge on any atom is 0.147 e. The first-order valence-electron chi connectivity index (χ1n) is 9.02. The van der Waals surface area contributed by atoms with E-state index in [4.69, 9.17) is 9.47 Å². The van der Waals surface area contributed by atoms with Gasteiger partial charge in [0.15, 0.2) is 0 Å². The minimum absolute atomic E-state index is 0.0582. The Bertz CT molecular complexity index is 797. The Kier molecular flexibility index (Phi) is 5.99. The highest BCUT2D eigenvalue weighted by Gasteiger charge is 2.20. The number of allylic oxidation sites excluding steroid dienone is 5. The van der Waals surface area contributed by atoms with Gasteiger partial charge in [-0.05, 0) is 35.3 Å². The molecule has 2 aliphatic rings. The van der Waals surface area contributed by atoms with Crippen molar-refractivity contribution >= 4 is 15.4 Å². The van der Waals surface area contributed by atoms with Crippen LogP contribution in [0, 0.1) is 5.92 Å². The largest absolute Gasteiger partial charge is 0.490 e. The number of sulfone groups is 1. The van der Waals surface area contributed by atoms with Crippen molar-refractivity contribution in [3.8, 4) is 5.75 Å². The lowest BCUT2D eigenvalue weighted by Gasteiger charge is -2.24. The van der Waals surface area contributed by atoms with E-state index in [0.29, 0.717) is 6.42 Å². The molecule has 1 saturated heterocycles. The molecule has 1 unspecified atom stereocenters. The summed E-state index contributed by atoms with van der Waals surface area (Å²) in [4.78, 5) is 0. The van der Waals surface area contributed by atoms with Crippen LogP contribution in [0.5, 0.6) is 5.75 Å². The summed E-state index contributed by atoms with van der Waals surface area (Å²) in [5.74, 6) is 1.10. The van der Waals surface area contributed by atoms with E-state index in [2.05, 4.69) is 6.58 Å². The molecule has 1 aromatic rings. The van der Waals surface area contributed by atoms with Crippen LogP contribution < -0.4 is 4.74 Å². The summed E-state index contributed by atoms with van der Waals surface area (Å²) in [5.41, 5.74) is 3.10. The normalized spacial score (nSPS) is 21.5. The Morgan fingerprint density at radius 3 is 2.54 bits per heavy atom. The second kappa shape index (κ2) is 8.23. The van der Waals surface area contributed by atoms with E-state index < -0.39 is 9.84 Å². The molecule has 0 aromatic heterocycles. The topological polar surface area (TPSA) is 52.6 Å². The van der Waals surface area contributed by atoms with Gasteiger partial charge < -0.3 is 9.47 Å². The molecule has 0 N–H and O–H groups in total. The SMILES string of the molecule is C=C1C(c2ccc(OC3CCOCC3)cc2)=CC=CC1CCS(C)(=O)=O. The van der Waals surface area contributed by atoms with Gasteiger partial charge in [0.25, 0.3) is 0 Å². The van der Waals surface area contributed by atoms with Gasteiger partial charge >= 0.3 is 0 Å². The van der Waals surface area contributed by atoms with Gasteiger partial charge in [-0.15, -0.1) is 0 Å². The molecule has 26 heavy (non-hydrogen) atoms. The summed E-state index contributed by atoms with van der Waals surface area (Å²) in [6, 6.07) is 8.06. The summed E-state index contributed by atoms with van der Waals surface area (Å²) in [6.45, 7) is 5.73. The predicted octanol–water partition coefficient (Wildman–Crippen LogP) is 3.80. The first kappa shape index (κ1) is 18.9. The molecule has 0 radical (unpaired) electrons. The van der Waals surface area contributed by atoms with Gasteiger partial charge in [0.05, 0.1) is 19.0 Å². The lowest BCUT2D eigenvalue weighted by Crippen LogP contribution is -2.25. The van der Waals surface area contributed by atoms with Gasteiger partial charge in [0.1, 0.15) is 21.7 Å². The van der Waals surface area contributed by atoms with Crippen molar-refractivity contribution in [2.75, 3.05) is 25.2 Å². The molecule has 0 bridgehead atoms. The van der Waals surface area contributed by atoms with Gasteiger partial charge in [0.2, 0.25) is 0 Å². The average Bonchev–Trinajstić information content (AvgIpc) is 2.62. The summed E-state index contributed by atoms with van der Waals surface area (Å²) < 4.78 is 34.3. The Labute approximate surface area is 156 Å². The van der Waals surface area contributed by atoms with Crippen LogP contribution in [0.3, 0.4) is 0 Å². The summed E-state index contributed by atoms with van der Waals surface area (Å²) >= 11 is 0. The summed E-state index contributed by atoms with van der Waals surface area (Å²) in [7, 11) is -2.97. The van der Waals surface area contributed by atoms with Crippen LogP contribution in [0.4, 0.5) is 0 Å². The molecule has 1 fully saturated rings. The number of hydrogen-bond donors (Lipinski definition) is 0. The Balaban J connectivity index is 1.65. The molecule has 1 atom stereocenters. The molecule has 1 aliphatic carbocycles. The Hall–Kier alpha value is -1.85. The molecule has 0 saturated carbocycles. The lowest BCUT2D eigenvalue weighted by atomic mass is 9.84. The number of hydrogen-bond acceptors (Lipinski definition) is 4. The Morgan fingerprint density at radius 2 is 1.88 bits per heavy atom. The van der Waals surface area contributed by atoms with Crippen molar-refractivity contribution < 1.29 is 17.9 Å². The highest BCUT2D eigenvalue weighted by molar-refractivity contribution is 7.90. The molecule has 0 amide bonds. The lowest BCUT2D eigenvalue weighted by molar-refractivity contribution is 0.0256. The highest BCUT2D eigenvalue weighted by Crippen LogP contribution is 2.34. The van der Waals surface area contributed by atoms with Gasteiger partial charge in [-0.1, -0.05) is 36.9 Å². The van der Waals surface area contributed by atoms with Crippen molar-refractivity contribution in [2.24, 2.45) is 5.92 Å². The van der Waals surface area contributed by atoms with Gasteiger partial charge in [-0.25, -0.2) is 8.42 Å². The van der Waals surface area contributed by atoms with E-state index >= 15 is 0 Å². The second-order valence-corrected chi connectivity index (χ2v) is 9.23. The van der Waals surface area contributed by atoms with Crippen molar-refractivity contribution in [2.45, 2.75) is 25.4 Å². The minimum atomic E-state index is -2.97. The highest BCUT2D eigenvalue weighted by atomic mass is 32.2. The number of rotatable bonds is 6. The van der Waals surface area contributed by atoms with E-state index in [9.17, 15) is 8.42 Å². The fourth-order valence-electron chi connectivity index (χ4n) is 3.30. The third kappa shape index (κ3) is 5.08. The fraction of sp³-hybridized carbons (Fsp3) is 0.429. The van der Waals surface area contributed by atoms with E-state index in [1.54, 1.807) is 0 Å². The average molecular weight is 375 g/mol. The monoisotopic (exact) mass is 374 g/mol. The van der Waals surface area contributed by atoms with Crippen LogP contribution in [-0.2, 0) is 14.6 Å². The first-order chi connectivity index (χ1) is 12.4. The summed E-state index contributed by atoms with van der Waals surface area (Å²) in [5, 5.41) is 0. The van der Waals surface area contributed by atoms with Crippen LogP contribution in [0.15, 0.2) is 54.6 Å². The molecule has 5 heteroatoms. The number of ether oxygens (including phenoxy) is 2. The van der Waals surface area contributed by atoms with Crippen molar-refractivity contribution in [1.29, 1.82) is 0 Å². The molecule has 3 rings (SSSR count). The summed E-state index contributed by atoms with van der Waals surface area (Å²) in [6.07, 6.45) is 9.97. The standard InChI is InChI=1S/C21H26O4S/c1-16-17(12-15-26(2,22)23)4-3-5-21(16)18-6-8-19(9-7-18)25-20-10-13-24-14-11-20/h3-9,17,20H,1,10-15H2,2H3. The molecule has 4 nitrogen and oxygen atoms in total. The molecular weight excluding hydrogens is 348 g/mol. The Morgan fingerprint density at radius 1 is 1.19 bits per heavy atom. The van der Waals surface area contributed by atoms with Crippen molar-refractivity contribution in [3.05, 3.63) is 60.2 Å². The van der Waals surface area contributed by atoms with E-state index in [-0.39, 0.29) is 17.8 Å². The van der Waals surface area contributed by atoms with E-state index in [1.807, 2.05) is 42.5 Å². The molecule has 1 aromatic carbocycles. The van der Waals surface area contributed by atoms with Crippen LogP contribution in [0.1, 0.15) is 24.8 Å². The molecular formula is C21H26O4S. The second-order valence-electron chi connectivity index (χ2n) is 6.97. The van der Waals surface area contributed by atoms with E-state index in [1.165, 1.54) is 6.26 Å². The minimum Gasteiger partial charge on any atom is -0.490 e. The molecule has 140 valence electrons. The zero-order chi connectivity index (χ0) is 18.6. The zero-order valence-electron chi connectivity index (χ0n) is 15.2. The molecule has 1 aliphatic heterocycles. The van der Waals surface area contributed by atoms with E-state index in [0.717, 1.165) is 48.5 Å². The maximum atomic E-state index is 11.4. The van der Waals surface area contributed by atoms with Crippen LogP contribution in [-0.4, -0.2) is 39.7 Å². The van der Waals surface area contributed by atoms with Gasteiger partial charge in [-0.3, -0.25) is 0 Å². The van der Waals surface area contributed by atoms with Crippen LogP contribution >= 0.6 is 0 Å². The first-order valence-corrected chi connectivity index (χ1v) is 11.1. The van der Waals surface area contributed by atoms with Gasteiger partial charge in [0, 0.05) is 25.0 Å². The van der Waals surface area contributed by atoms with Crippen molar-refractivity contribution in [1.82, 2.24) is 0 Å². The number of benzene rings is 1. The maximum absolute atomic E-state index is 11.4. The van der Waals surface area contributed by atoms with Crippen LogP contribution in [0.25, 0.3) is 5.57 Å². The predicted molar refractivity (Wildman–Crippen MR) is 105 cm³/mol. The van der Waals surface area contributed by atoms with Crippen LogP contribution in [0.2, 0.25) is 0 Å². The zero-order valence-corrected chi connectivity index (χ0v) is 16.0.